The molecule has 2 aromatic carbocycles. The Hall–Kier alpha value is -3.14. The highest BCUT2D eigenvalue weighted by molar-refractivity contribution is 7.98. The maximum absolute atomic E-state index is 13.9. The molecule has 7 nitrogen and oxygen atoms in total. The molecule has 33 heavy (non-hydrogen) atoms. The van der Waals surface area contributed by atoms with Crippen LogP contribution in [0.2, 0.25) is 5.02 Å². The van der Waals surface area contributed by atoms with Crippen molar-refractivity contribution in [2.24, 2.45) is 5.73 Å². The normalized spacial score (nSPS) is 10.5. The molecule has 0 aliphatic rings. The van der Waals surface area contributed by atoms with E-state index in [4.69, 9.17) is 22.1 Å². The third-order valence-electron chi connectivity index (χ3n) is 4.48. The van der Waals surface area contributed by atoms with E-state index in [2.05, 4.69) is 15.6 Å². The van der Waals surface area contributed by atoms with E-state index in [9.17, 15) is 14.0 Å². The lowest BCUT2D eigenvalue weighted by Crippen LogP contribution is -2.19. The van der Waals surface area contributed by atoms with Crippen LogP contribution in [-0.2, 0) is 0 Å². The van der Waals surface area contributed by atoms with Gasteiger partial charge in [-0.15, -0.1) is 11.8 Å². The average molecular weight is 489 g/mol. The first-order chi connectivity index (χ1) is 15.9. The van der Waals surface area contributed by atoms with Crippen LogP contribution in [0.4, 0.5) is 15.9 Å². The zero-order chi connectivity index (χ0) is 23.8. The summed E-state index contributed by atoms with van der Waals surface area (Å²) in [5.74, 6) is -1.15. The molecule has 1 aromatic heterocycles. The van der Waals surface area contributed by atoms with Crippen LogP contribution in [-0.4, -0.2) is 36.2 Å². The number of ether oxygens (including phenoxy) is 1. The molecule has 0 saturated heterocycles. The van der Waals surface area contributed by atoms with Crippen LogP contribution in [0.25, 0.3) is 0 Å². The minimum Gasteiger partial charge on any atom is -0.493 e. The number of amides is 2. The monoisotopic (exact) mass is 488 g/mol. The Bertz CT molecular complexity index is 1150. The number of rotatable bonds is 9. The maximum Gasteiger partial charge on any atom is 0.259 e. The number of hydrogen-bond acceptors (Lipinski definition) is 6. The van der Waals surface area contributed by atoms with Crippen molar-refractivity contribution in [1.82, 2.24) is 4.98 Å². The number of anilines is 2. The first-order valence-corrected chi connectivity index (χ1v) is 11.6. The van der Waals surface area contributed by atoms with Gasteiger partial charge in [-0.25, -0.2) is 9.37 Å². The predicted molar refractivity (Wildman–Crippen MR) is 129 cm³/mol. The maximum atomic E-state index is 13.9. The van der Waals surface area contributed by atoms with Crippen molar-refractivity contribution in [3.05, 3.63) is 76.7 Å². The van der Waals surface area contributed by atoms with Crippen LogP contribution in [0.15, 0.2) is 59.6 Å². The lowest BCUT2D eigenvalue weighted by atomic mass is 10.1. The van der Waals surface area contributed by atoms with Gasteiger partial charge in [0.15, 0.2) is 0 Å². The van der Waals surface area contributed by atoms with Crippen molar-refractivity contribution in [2.45, 2.75) is 11.3 Å². The van der Waals surface area contributed by atoms with Crippen molar-refractivity contribution in [3.63, 3.8) is 0 Å². The average Bonchev–Trinajstić information content (AvgIpc) is 2.81. The molecule has 0 bridgehead atoms. The summed E-state index contributed by atoms with van der Waals surface area (Å²) in [6.45, 7) is 0.813. The lowest BCUT2D eigenvalue weighted by molar-refractivity contribution is 0.102. The van der Waals surface area contributed by atoms with Crippen LogP contribution >= 0.6 is 23.4 Å². The second-order valence-electron chi connectivity index (χ2n) is 6.81. The van der Waals surface area contributed by atoms with Crippen LogP contribution in [0.3, 0.4) is 0 Å². The van der Waals surface area contributed by atoms with E-state index in [1.165, 1.54) is 30.1 Å². The highest BCUT2D eigenvalue weighted by atomic mass is 35.5. The fourth-order valence-corrected chi connectivity index (χ4v) is 3.38. The summed E-state index contributed by atoms with van der Waals surface area (Å²) in [5.41, 5.74) is 5.87. The Morgan fingerprint density at radius 1 is 1.09 bits per heavy atom. The zero-order valence-electron chi connectivity index (χ0n) is 17.7. The SMILES string of the molecule is CSc1ccc(C(=O)Nc2ccc(F)cc2C(=O)Nc2ccc(Cl)cn2)c(OCCCN)c1. The van der Waals surface area contributed by atoms with Gasteiger partial charge in [-0.2, -0.15) is 0 Å². The molecule has 0 aliphatic carbocycles. The molecular formula is C23H22ClFN4O3S. The number of halogens is 2. The number of hydrogen-bond donors (Lipinski definition) is 3. The summed E-state index contributed by atoms with van der Waals surface area (Å²) in [6, 6.07) is 11.8. The molecule has 172 valence electrons. The molecule has 0 radical (unpaired) electrons. The standard InChI is InChI=1S/C23H22ClFN4O3S/c1-33-16-5-6-17(20(12-16)32-10-2-9-26)22(30)28-19-7-4-15(25)11-18(19)23(31)29-21-8-3-14(24)13-27-21/h3-8,11-13H,2,9-10,26H2,1H3,(H,28,30)(H,27,29,31). The summed E-state index contributed by atoms with van der Waals surface area (Å²) in [5, 5.41) is 5.65. The molecule has 4 N–H and O–H groups in total. The fourth-order valence-electron chi connectivity index (χ4n) is 2.84. The van der Waals surface area contributed by atoms with Crippen molar-refractivity contribution in [2.75, 3.05) is 30.0 Å². The first-order valence-electron chi connectivity index (χ1n) is 9.96. The third kappa shape index (κ3) is 6.67. The number of nitrogens with zero attached hydrogens (tertiary/aromatic N) is 1. The van der Waals surface area contributed by atoms with Gasteiger partial charge in [0.05, 0.1) is 28.4 Å². The highest BCUT2D eigenvalue weighted by Crippen LogP contribution is 2.27. The van der Waals surface area contributed by atoms with E-state index in [1.54, 1.807) is 24.3 Å². The molecular weight excluding hydrogens is 467 g/mol. The van der Waals surface area contributed by atoms with Crippen molar-refractivity contribution < 1.29 is 18.7 Å². The van der Waals surface area contributed by atoms with E-state index >= 15 is 0 Å². The number of benzene rings is 2. The van der Waals surface area contributed by atoms with Crippen molar-refractivity contribution >= 4 is 46.7 Å². The van der Waals surface area contributed by atoms with Gasteiger partial charge < -0.3 is 21.1 Å². The molecule has 0 spiro atoms. The minimum atomic E-state index is -0.642. The quantitative estimate of drug-likeness (QED) is 0.294. The van der Waals surface area contributed by atoms with Gasteiger partial charge in [0.25, 0.3) is 11.8 Å². The predicted octanol–water partition coefficient (Wildman–Crippen LogP) is 4.83. The van der Waals surface area contributed by atoms with Gasteiger partial charge in [0.1, 0.15) is 17.4 Å². The first kappa shape index (κ1) is 24.5. The van der Waals surface area contributed by atoms with Crippen molar-refractivity contribution in [1.29, 1.82) is 0 Å². The number of carbonyl (C=O) groups is 2. The third-order valence-corrected chi connectivity index (χ3v) is 5.43. The number of pyridine rings is 1. The van der Waals surface area contributed by atoms with Gasteiger partial charge in [-0.3, -0.25) is 9.59 Å². The second kappa shape index (κ2) is 11.6. The summed E-state index contributed by atoms with van der Waals surface area (Å²) < 4.78 is 19.7. The Morgan fingerprint density at radius 2 is 1.88 bits per heavy atom. The van der Waals surface area contributed by atoms with Crippen LogP contribution < -0.4 is 21.1 Å². The molecule has 3 rings (SSSR count). The number of carbonyl (C=O) groups excluding carboxylic acids is 2. The second-order valence-corrected chi connectivity index (χ2v) is 8.13. The topological polar surface area (TPSA) is 106 Å². The summed E-state index contributed by atoms with van der Waals surface area (Å²) in [6.07, 6.45) is 3.92. The molecule has 1 heterocycles. The van der Waals surface area contributed by atoms with Gasteiger partial charge in [0, 0.05) is 11.1 Å². The van der Waals surface area contributed by atoms with Crippen molar-refractivity contribution in [3.8, 4) is 5.75 Å². The molecule has 2 amide bonds. The van der Waals surface area contributed by atoms with E-state index in [0.29, 0.717) is 30.3 Å². The molecule has 0 fully saturated rings. The molecule has 3 aromatic rings. The molecule has 0 atom stereocenters. The Balaban J connectivity index is 1.85. The van der Waals surface area contributed by atoms with Gasteiger partial charge in [-0.05, 0) is 67.8 Å². The lowest BCUT2D eigenvalue weighted by Gasteiger charge is -2.15. The highest BCUT2D eigenvalue weighted by Gasteiger charge is 2.19. The van der Waals surface area contributed by atoms with E-state index in [1.807, 2.05) is 6.26 Å². The smallest absolute Gasteiger partial charge is 0.259 e. The Labute approximate surface area is 199 Å². The molecule has 0 aliphatic heterocycles. The van der Waals surface area contributed by atoms with E-state index in [0.717, 1.165) is 17.0 Å². The van der Waals surface area contributed by atoms with Crippen LogP contribution in [0.5, 0.6) is 5.75 Å². The van der Waals surface area contributed by atoms with Crippen LogP contribution in [0.1, 0.15) is 27.1 Å². The Kier molecular flexibility index (Phi) is 8.65. The number of nitrogens with one attached hydrogen (secondary N) is 2. The van der Waals surface area contributed by atoms with E-state index < -0.39 is 17.6 Å². The number of aromatic nitrogens is 1. The summed E-state index contributed by atoms with van der Waals surface area (Å²) >= 11 is 7.32. The number of thioether (sulfide) groups is 1. The van der Waals surface area contributed by atoms with Crippen LogP contribution in [0, 0.1) is 5.82 Å². The summed E-state index contributed by atoms with van der Waals surface area (Å²) in [4.78, 5) is 30.7. The summed E-state index contributed by atoms with van der Waals surface area (Å²) in [7, 11) is 0. The van der Waals surface area contributed by atoms with E-state index in [-0.39, 0.29) is 22.6 Å². The van der Waals surface area contributed by atoms with Gasteiger partial charge in [-0.1, -0.05) is 11.6 Å². The largest absolute Gasteiger partial charge is 0.493 e. The molecule has 0 unspecified atom stereocenters. The molecule has 0 saturated carbocycles. The van der Waals surface area contributed by atoms with Gasteiger partial charge >= 0.3 is 0 Å². The number of nitrogens with two attached hydrogens (primary N) is 1. The minimum absolute atomic E-state index is 0.0635. The van der Waals surface area contributed by atoms with Gasteiger partial charge in [0.2, 0.25) is 0 Å². The fraction of sp³-hybridized carbons (Fsp3) is 0.174. The molecule has 10 heteroatoms. The zero-order valence-corrected chi connectivity index (χ0v) is 19.3. The Morgan fingerprint density at radius 3 is 2.58 bits per heavy atom.